The van der Waals surface area contributed by atoms with Crippen LogP contribution in [0.4, 0.5) is 11.6 Å². The summed E-state index contributed by atoms with van der Waals surface area (Å²) in [6.45, 7) is 6.83. The van der Waals surface area contributed by atoms with Crippen molar-refractivity contribution in [2.75, 3.05) is 37.5 Å². The predicted octanol–water partition coefficient (Wildman–Crippen LogP) is 7.10. The fraction of sp³-hybridized carbons (Fsp3) is 0.222. The van der Waals surface area contributed by atoms with Crippen LogP contribution in [0.25, 0.3) is 11.3 Å². The number of nitrogens with zero attached hydrogens (tertiary/aromatic N) is 6. The molecule has 1 N–H and O–H groups in total. The van der Waals surface area contributed by atoms with Crippen LogP contribution in [0, 0.1) is 5.41 Å². The van der Waals surface area contributed by atoms with Crippen molar-refractivity contribution in [1.29, 1.82) is 0 Å². The quantitative estimate of drug-likeness (QED) is 0.188. The second-order valence-corrected chi connectivity index (χ2v) is 12.0. The number of pyridine rings is 1. The molecule has 0 atom stereocenters. The Bertz CT molecular complexity index is 1750. The van der Waals surface area contributed by atoms with Crippen molar-refractivity contribution in [1.82, 2.24) is 19.9 Å². The average molecular weight is 584 g/mol. The lowest BCUT2D eigenvalue weighted by molar-refractivity contribution is 0.254. The Morgan fingerprint density at radius 1 is 0.818 bits per heavy atom. The standard InChI is InChI=1S/C36H37N7O/c1-36(2,25-42(3)4)24-39-35-38-22-20-32(40-35)31-15-10-21-37-34(31)44-29-18-16-28(17-19-29)43-23-27-13-8-9-14-30(27)33(41-43)26-11-6-5-7-12-26/h5-22H,23-25H2,1-4H3,(H,38,39,40). The third-order valence-corrected chi connectivity index (χ3v) is 7.38. The molecule has 0 radical (unpaired) electrons. The summed E-state index contributed by atoms with van der Waals surface area (Å²) in [5, 5.41) is 10.5. The minimum atomic E-state index is 0.0591. The van der Waals surface area contributed by atoms with E-state index in [4.69, 9.17) is 14.8 Å². The zero-order valence-corrected chi connectivity index (χ0v) is 25.6. The molecule has 0 aliphatic carbocycles. The zero-order chi connectivity index (χ0) is 30.5. The zero-order valence-electron chi connectivity index (χ0n) is 25.6. The summed E-state index contributed by atoms with van der Waals surface area (Å²) in [7, 11) is 4.16. The van der Waals surface area contributed by atoms with Crippen molar-refractivity contribution in [3.8, 4) is 22.9 Å². The molecular weight excluding hydrogens is 546 g/mol. The van der Waals surface area contributed by atoms with Gasteiger partial charge in [-0.1, -0.05) is 68.4 Å². The van der Waals surface area contributed by atoms with Crippen molar-refractivity contribution in [3.05, 3.63) is 126 Å². The van der Waals surface area contributed by atoms with Crippen LogP contribution < -0.4 is 15.1 Å². The highest BCUT2D eigenvalue weighted by Crippen LogP contribution is 2.33. The Morgan fingerprint density at radius 2 is 1.57 bits per heavy atom. The number of benzene rings is 3. The number of hydrazone groups is 1. The van der Waals surface area contributed by atoms with Gasteiger partial charge < -0.3 is 15.0 Å². The highest BCUT2D eigenvalue weighted by molar-refractivity contribution is 6.14. The Labute approximate surface area is 259 Å². The van der Waals surface area contributed by atoms with E-state index in [0.717, 1.165) is 46.9 Å². The van der Waals surface area contributed by atoms with Crippen molar-refractivity contribution in [2.45, 2.75) is 20.4 Å². The lowest BCUT2D eigenvalue weighted by Gasteiger charge is -2.28. The van der Waals surface area contributed by atoms with Gasteiger partial charge in [0.05, 0.1) is 29.2 Å². The highest BCUT2D eigenvalue weighted by Gasteiger charge is 2.22. The number of fused-ring (bicyclic) bond motifs is 1. The molecule has 8 heteroatoms. The molecule has 222 valence electrons. The van der Waals surface area contributed by atoms with Gasteiger partial charge in [-0.15, -0.1) is 0 Å². The van der Waals surface area contributed by atoms with Gasteiger partial charge in [0.15, 0.2) is 0 Å². The maximum Gasteiger partial charge on any atom is 0.228 e. The first-order chi connectivity index (χ1) is 21.3. The van der Waals surface area contributed by atoms with E-state index in [2.05, 4.69) is 84.5 Å². The summed E-state index contributed by atoms with van der Waals surface area (Å²) >= 11 is 0. The first-order valence-corrected chi connectivity index (χ1v) is 14.8. The van der Waals surface area contributed by atoms with Gasteiger partial charge in [-0.25, -0.2) is 15.0 Å². The van der Waals surface area contributed by atoms with Gasteiger partial charge in [0.2, 0.25) is 11.8 Å². The Balaban J connectivity index is 1.20. The number of rotatable bonds is 10. The predicted molar refractivity (Wildman–Crippen MR) is 177 cm³/mol. The SMILES string of the molecule is CN(C)CC(C)(C)CNc1nccc(-c2cccnc2Oc2ccc(N3Cc4ccccc4C(c4ccccc4)=N3)cc2)n1. The summed E-state index contributed by atoms with van der Waals surface area (Å²) in [4.78, 5) is 15.9. The molecule has 0 spiro atoms. The van der Waals surface area contributed by atoms with Crippen LogP contribution in [0.3, 0.4) is 0 Å². The molecule has 0 amide bonds. The van der Waals surface area contributed by atoms with Crippen LogP contribution in [0.5, 0.6) is 11.6 Å². The van der Waals surface area contributed by atoms with Gasteiger partial charge in [0, 0.05) is 36.6 Å². The lowest BCUT2D eigenvalue weighted by atomic mass is 9.93. The smallest absolute Gasteiger partial charge is 0.228 e. The maximum atomic E-state index is 6.30. The number of hydrogen-bond acceptors (Lipinski definition) is 8. The number of aromatic nitrogens is 3. The van der Waals surface area contributed by atoms with E-state index >= 15 is 0 Å². The van der Waals surface area contributed by atoms with Crippen LogP contribution in [0.1, 0.15) is 30.5 Å². The molecular formula is C36H37N7O. The van der Waals surface area contributed by atoms with E-state index in [1.54, 1.807) is 12.4 Å². The fourth-order valence-electron chi connectivity index (χ4n) is 5.51. The second kappa shape index (κ2) is 12.7. The molecule has 5 aromatic rings. The topological polar surface area (TPSA) is 78.8 Å². The molecule has 3 heterocycles. The van der Waals surface area contributed by atoms with E-state index < -0.39 is 0 Å². The summed E-state index contributed by atoms with van der Waals surface area (Å²) < 4.78 is 6.30. The molecule has 0 fully saturated rings. The summed E-state index contributed by atoms with van der Waals surface area (Å²) in [5.41, 5.74) is 7.02. The first kappa shape index (κ1) is 29.0. The largest absolute Gasteiger partial charge is 0.438 e. The monoisotopic (exact) mass is 583 g/mol. The second-order valence-electron chi connectivity index (χ2n) is 12.0. The van der Waals surface area contributed by atoms with Gasteiger partial charge in [0.1, 0.15) is 5.75 Å². The Hall–Kier alpha value is -5.08. The van der Waals surface area contributed by atoms with E-state index in [1.165, 1.54) is 5.56 Å². The third-order valence-electron chi connectivity index (χ3n) is 7.38. The Kier molecular flexibility index (Phi) is 8.34. The molecule has 6 rings (SSSR count). The molecule has 44 heavy (non-hydrogen) atoms. The molecule has 1 aliphatic rings. The van der Waals surface area contributed by atoms with Crippen molar-refractivity contribution >= 4 is 17.3 Å². The van der Waals surface area contributed by atoms with Crippen LogP contribution in [-0.2, 0) is 6.54 Å². The summed E-state index contributed by atoms with van der Waals surface area (Å²) in [6, 6.07) is 32.4. The van der Waals surface area contributed by atoms with E-state index in [1.807, 2.05) is 65.7 Å². The number of nitrogens with one attached hydrogen (secondary N) is 1. The number of hydrogen-bond donors (Lipinski definition) is 1. The molecule has 8 nitrogen and oxygen atoms in total. The van der Waals surface area contributed by atoms with Crippen LogP contribution in [0.2, 0.25) is 0 Å². The molecule has 1 aliphatic heterocycles. The third kappa shape index (κ3) is 6.76. The van der Waals surface area contributed by atoms with Crippen LogP contribution in [-0.4, -0.2) is 52.7 Å². The molecule has 0 saturated carbocycles. The van der Waals surface area contributed by atoms with Crippen molar-refractivity contribution in [3.63, 3.8) is 0 Å². The van der Waals surface area contributed by atoms with E-state index in [-0.39, 0.29) is 5.41 Å². The summed E-state index contributed by atoms with van der Waals surface area (Å²) in [5.74, 6) is 1.73. The molecule has 0 bridgehead atoms. The molecule has 0 unspecified atom stereocenters. The Morgan fingerprint density at radius 3 is 2.36 bits per heavy atom. The minimum Gasteiger partial charge on any atom is -0.438 e. The van der Waals surface area contributed by atoms with Crippen LogP contribution >= 0.6 is 0 Å². The van der Waals surface area contributed by atoms with Gasteiger partial charge in [-0.3, -0.25) is 5.01 Å². The maximum absolute atomic E-state index is 6.30. The molecule has 2 aromatic heterocycles. The van der Waals surface area contributed by atoms with Gasteiger partial charge in [0.25, 0.3) is 0 Å². The average Bonchev–Trinajstić information content (AvgIpc) is 3.04. The van der Waals surface area contributed by atoms with Crippen LogP contribution in [0.15, 0.2) is 115 Å². The summed E-state index contributed by atoms with van der Waals surface area (Å²) in [6.07, 6.45) is 3.48. The van der Waals surface area contributed by atoms with Crippen molar-refractivity contribution < 1.29 is 4.74 Å². The molecule has 3 aromatic carbocycles. The first-order valence-electron chi connectivity index (χ1n) is 14.8. The number of anilines is 2. The van der Waals surface area contributed by atoms with Gasteiger partial charge in [-0.05, 0) is 67.5 Å². The van der Waals surface area contributed by atoms with Gasteiger partial charge >= 0.3 is 0 Å². The highest BCUT2D eigenvalue weighted by atomic mass is 16.5. The van der Waals surface area contributed by atoms with E-state index in [0.29, 0.717) is 24.1 Å². The minimum absolute atomic E-state index is 0.0591. The number of ether oxygens (including phenoxy) is 1. The molecule has 0 saturated heterocycles. The fourth-order valence-corrected chi connectivity index (χ4v) is 5.51. The van der Waals surface area contributed by atoms with Gasteiger partial charge in [-0.2, -0.15) is 5.10 Å². The van der Waals surface area contributed by atoms with E-state index in [9.17, 15) is 0 Å². The normalized spacial score (nSPS) is 12.9. The van der Waals surface area contributed by atoms with Crippen molar-refractivity contribution in [2.24, 2.45) is 10.5 Å². The lowest BCUT2D eigenvalue weighted by Crippen LogP contribution is -2.34.